The molecule has 2 N–H and O–H groups in total. The smallest absolute Gasteiger partial charge is 0.341 e. The highest BCUT2D eigenvalue weighted by Crippen LogP contribution is 2.34. The summed E-state index contributed by atoms with van der Waals surface area (Å²) >= 11 is 0. The van der Waals surface area contributed by atoms with Crippen molar-refractivity contribution in [3.8, 4) is 0 Å². The molecule has 0 heterocycles. The lowest BCUT2D eigenvalue weighted by Gasteiger charge is -2.07. The fourth-order valence-corrected chi connectivity index (χ4v) is 1.89. The van der Waals surface area contributed by atoms with E-state index in [-0.39, 0.29) is 0 Å². The van der Waals surface area contributed by atoms with E-state index in [1.807, 2.05) is 0 Å². The first-order valence-corrected chi connectivity index (χ1v) is 6.51. The summed E-state index contributed by atoms with van der Waals surface area (Å²) in [5.41, 5.74) is -8.12. The van der Waals surface area contributed by atoms with Crippen LogP contribution in [0.1, 0.15) is 20.7 Å². The molecule has 0 amide bonds. The van der Waals surface area contributed by atoms with Gasteiger partial charge in [-0.2, -0.15) is 0 Å². The molecule has 0 aromatic heterocycles. The summed E-state index contributed by atoms with van der Waals surface area (Å²) in [5.74, 6) is -24.3. The van der Waals surface area contributed by atoms with Crippen LogP contribution in [0.5, 0.6) is 0 Å². The fourth-order valence-electron chi connectivity index (χ4n) is 1.89. The molecule has 14 heteroatoms. The maximum Gasteiger partial charge on any atom is 0.341 e. The van der Waals surface area contributed by atoms with Crippen LogP contribution < -0.4 is 0 Å². The Kier molecular flexibility index (Phi) is 5.33. The van der Waals surface area contributed by atoms with Gasteiger partial charge >= 0.3 is 11.9 Å². The number of rotatable bonds is 4. The lowest BCUT2D eigenvalue weighted by atomic mass is 10.1. The molecule has 0 aliphatic rings. The van der Waals surface area contributed by atoms with E-state index >= 15 is 0 Å². The van der Waals surface area contributed by atoms with Crippen molar-refractivity contribution in [2.45, 2.75) is 0 Å². The zero-order valence-corrected chi connectivity index (χ0v) is 12.6. The van der Waals surface area contributed by atoms with E-state index in [0.29, 0.717) is 0 Å². The van der Waals surface area contributed by atoms with E-state index in [2.05, 4.69) is 10.2 Å². The van der Waals surface area contributed by atoms with Crippen molar-refractivity contribution < 1.29 is 54.9 Å². The molecule has 6 nitrogen and oxygen atoms in total. The van der Waals surface area contributed by atoms with E-state index in [4.69, 9.17) is 10.2 Å². The average Bonchev–Trinajstić information content (AvgIpc) is 2.60. The Labute approximate surface area is 147 Å². The van der Waals surface area contributed by atoms with Crippen molar-refractivity contribution in [2.24, 2.45) is 10.2 Å². The summed E-state index contributed by atoms with van der Waals surface area (Å²) < 4.78 is 109. The molecule has 148 valence electrons. The van der Waals surface area contributed by atoms with Gasteiger partial charge in [-0.05, 0) is 0 Å². The molecular formula is C14H2F8N2O4. The van der Waals surface area contributed by atoms with Crippen molar-refractivity contribution in [1.82, 2.24) is 0 Å². The second-order valence-corrected chi connectivity index (χ2v) is 4.77. The highest BCUT2D eigenvalue weighted by molar-refractivity contribution is 5.89. The Balaban J connectivity index is 2.72. The number of azo groups is 1. The van der Waals surface area contributed by atoms with Crippen LogP contribution in [-0.4, -0.2) is 22.2 Å². The average molecular weight is 414 g/mol. The Morgan fingerprint density at radius 1 is 0.500 bits per heavy atom. The number of aromatic carboxylic acids is 2. The maximum absolute atomic E-state index is 13.7. The zero-order valence-electron chi connectivity index (χ0n) is 12.6. The van der Waals surface area contributed by atoms with Crippen LogP contribution in [0.4, 0.5) is 46.5 Å². The van der Waals surface area contributed by atoms with Crippen molar-refractivity contribution in [3.63, 3.8) is 0 Å². The number of benzene rings is 2. The van der Waals surface area contributed by atoms with Gasteiger partial charge in [0.2, 0.25) is 0 Å². The third-order valence-electron chi connectivity index (χ3n) is 3.16. The molecule has 0 aliphatic heterocycles. The van der Waals surface area contributed by atoms with E-state index in [0.717, 1.165) is 0 Å². The largest absolute Gasteiger partial charge is 0.477 e. The first-order chi connectivity index (χ1) is 12.9. The van der Waals surface area contributed by atoms with Gasteiger partial charge in [-0.3, -0.25) is 0 Å². The lowest BCUT2D eigenvalue weighted by molar-refractivity contribution is 0.0672. The second-order valence-electron chi connectivity index (χ2n) is 4.77. The first-order valence-electron chi connectivity index (χ1n) is 6.51. The van der Waals surface area contributed by atoms with Gasteiger partial charge < -0.3 is 10.2 Å². The van der Waals surface area contributed by atoms with Gasteiger partial charge in [0, 0.05) is 0 Å². The van der Waals surface area contributed by atoms with Gasteiger partial charge in [0.25, 0.3) is 0 Å². The molecule has 0 fully saturated rings. The summed E-state index contributed by atoms with van der Waals surface area (Å²) in [6.07, 6.45) is 0. The monoisotopic (exact) mass is 414 g/mol. The van der Waals surface area contributed by atoms with Crippen molar-refractivity contribution in [2.75, 3.05) is 0 Å². The van der Waals surface area contributed by atoms with Crippen LogP contribution in [0.3, 0.4) is 0 Å². The minimum Gasteiger partial charge on any atom is -0.477 e. The van der Waals surface area contributed by atoms with E-state index in [1.54, 1.807) is 0 Å². The molecule has 0 saturated heterocycles. The van der Waals surface area contributed by atoms with E-state index in [1.165, 1.54) is 0 Å². The SMILES string of the molecule is O=C(O)c1c(F)c(F)c(N=Nc2c(F)c(F)c(C(=O)O)c(F)c2F)c(F)c1F. The normalized spacial score (nSPS) is 11.3. The molecule has 2 aromatic carbocycles. The van der Waals surface area contributed by atoms with Crippen LogP contribution in [0.2, 0.25) is 0 Å². The summed E-state index contributed by atoms with van der Waals surface area (Å²) in [5, 5.41) is 21.8. The summed E-state index contributed by atoms with van der Waals surface area (Å²) in [4.78, 5) is 21.2. The van der Waals surface area contributed by atoms with Gasteiger partial charge in [0.1, 0.15) is 11.1 Å². The quantitative estimate of drug-likeness (QED) is 0.434. The topological polar surface area (TPSA) is 99.3 Å². The maximum atomic E-state index is 13.7. The molecule has 0 radical (unpaired) electrons. The Morgan fingerprint density at radius 3 is 0.893 bits per heavy atom. The number of carboxylic acids is 2. The Morgan fingerprint density at radius 2 is 0.714 bits per heavy atom. The Bertz CT molecular complexity index is 929. The highest BCUT2D eigenvalue weighted by Gasteiger charge is 2.31. The molecule has 2 rings (SSSR count). The van der Waals surface area contributed by atoms with E-state index in [9.17, 15) is 44.7 Å². The molecule has 0 saturated carbocycles. The van der Waals surface area contributed by atoms with Crippen LogP contribution in [-0.2, 0) is 0 Å². The predicted molar refractivity (Wildman–Crippen MR) is 70.6 cm³/mol. The fraction of sp³-hybridized carbons (Fsp3) is 0. The predicted octanol–water partition coefficient (Wildman–Crippen LogP) is 4.61. The van der Waals surface area contributed by atoms with Gasteiger partial charge in [0.15, 0.2) is 57.9 Å². The molecule has 0 unspecified atom stereocenters. The number of hydrogen-bond donors (Lipinski definition) is 2. The third kappa shape index (κ3) is 3.12. The molecule has 2 aromatic rings. The van der Waals surface area contributed by atoms with Gasteiger partial charge in [0.05, 0.1) is 0 Å². The molecule has 0 aliphatic carbocycles. The Hall–Kier alpha value is -3.58. The van der Waals surface area contributed by atoms with Crippen LogP contribution >= 0.6 is 0 Å². The minimum absolute atomic E-state index is 2.01. The molecule has 0 spiro atoms. The summed E-state index contributed by atoms with van der Waals surface area (Å²) in [7, 11) is 0. The van der Waals surface area contributed by atoms with Crippen LogP contribution in [0, 0.1) is 46.5 Å². The summed E-state index contributed by atoms with van der Waals surface area (Å²) in [6, 6.07) is 0. The van der Waals surface area contributed by atoms with Crippen LogP contribution in [0.15, 0.2) is 10.2 Å². The van der Waals surface area contributed by atoms with Crippen LogP contribution in [0.25, 0.3) is 0 Å². The highest BCUT2D eigenvalue weighted by atomic mass is 19.2. The lowest BCUT2D eigenvalue weighted by Crippen LogP contribution is -2.10. The van der Waals surface area contributed by atoms with Crippen molar-refractivity contribution in [3.05, 3.63) is 57.7 Å². The number of carbonyl (C=O) groups is 2. The van der Waals surface area contributed by atoms with Gasteiger partial charge in [-0.1, -0.05) is 0 Å². The standard InChI is InChI=1S/C14H2F8N2O4/c15-3-1(13(25)26)4(16)8(20)11(7(3)19)23-24-12-9(21)5(17)2(14(27)28)6(18)10(12)22/h(H,25,26)(H,27,28). The number of hydrogen-bond acceptors (Lipinski definition) is 4. The van der Waals surface area contributed by atoms with E-state index < -0.39 is 81.0 Å². The number of carboxylic acid groups (broad SMARTS) is 2. The van der Waals surface area contributed by atoms with Crippen molar-refractivity contribution in [1.29, 1.82) is 0 Å². The number of halogens is 8. The third-order valence-corrected chi connectivity index (χ3v) is 3.16. The second kappa shape index (κ2) is 7.21. The molecule has 28 heavy (non-hydrogen) atoms. The number of nitrogens with zero attached hydrogens (tertiary/aromatic N) is 2. The first kappa shape index (κ1) is 20.7. The molecule has 0 bridgehead atoms. The van der Waals surface area contributed by atoms with Crippen molar-refractivity contribution >= 4 is 23.3 Å². The van der Waals surface area contributed by atoms with Gasteiger partial charge in [-0.15, -0.1) is 10.2 Å². The molecular weight excluding hydrogens is 412 g/mol. The van der Waals surface area contributed by atoms with Gasteiger partial charge in [-0.25, -0.2) is 44.7 Å². The zero-order chi connectivity index (χ0) is 21.5. The minimum atomic E-state index is -2.44. The molecule has 0 atom stereocenters. The summed E-state index contributed by atoms with van der Waals surface area (Å²) in [6.45, 7) is 0.